The molecule has 0 saturated carbocycles. The molecule has 0 aliphatic carbocycles. The maximum Gasteiger partial charge on any atom is 0.471 e. The summed E-state index contributed by atoms with van der Waals surface area (Å²) in [6.07, 6.45) is -4.87. The number of halogens is 3. The molecule has 1 heterocycles. The smallest absolute Gasteiger partial charge is 0.382 e. The molecule has 0 aromatic carbocycles. The molecule has 2 amide bonds. The Bertz CT molecular complexity index is 341. The summed E-state index contributed by atoms with van der Waals surface area (Å²) in [5, 5.41) is 0. The average molecular weight is 298 g/mol. The summed E-state index contributed by atoms with van der Waals surface area (Å²) < 4.78 is 46.5. The highest BCUT2D eigenvalue weighted by molar-refractivity contribution is 5.82. The monoisotopic (exact) mass is 298 g/mol. The summed E-state index contributed by atoms with van der Waals surface area (Å²) in [6, 6.07) is 0. The third-order valence-electron chi connectivity index (χ3n) is 2.82. The van der Waals surface area contributed by atoms with Gasteiger partial charge in [-0.2, -0.15) is 13.2 Å². The highest BCUT2D eigenvalue weighted by Gasteiger charge is 2.43. The Hall–Kier alpha value is -1.35. The molecule has 1 saturated heterocycles. The number of rotatable bonds is 5. The Balaban J connectivity index is 2.31. The van der Waals surface area contributed by atoms with Crippen molar-refractivity contribution in [3.8, 4) is 0 Å². The molecule has 1 rings (SSSR count). The third kappa shape index (κ3) is 4.97. The van der Waals surface area contributed by atoms with Crippen LogP contribution in [0.25, 0.3) is 0 Å². The molecule has 0 aromatic rings. The van der Waals surface area contributed by atoms with Crippen LogP contribution in [0.2, 0.25) is 0 Å². The van der Waals surface area contributed by atoms with Crippen LogP contribution >= 0.6 is 0 Å². The summed E-state index contributed by atoms with van der Waals surface area (Å²) in [7, 11) is 1.50. The molecule has 0 radical (unpaired) electrons. The molecule has 6 nitrogen and oxygen atoms in total. The number of carbonyl (C=O) groups excluding carboxylic acids is 2. The molecule has 1 fully saturated rings. The molecule has 1 aliphatic rings. The first-order valence-electron chi connectivity index (χ1n) is 6.07. The number of carbonyl (C=O) groups is 2. The minimum atomic E-state index is -4.87. The Labute approximate surface area is 114 Å². The van der Waals surface area contributed by atoms with E-state index < -0.39 is 12.1 Å². The highest BCUT2D eigenvalue weighted by Crippen LogP contribution is 2.19. The van der Waals surface area contributed by atoms with E-state index in [2.05, 4.69) is 0 Å². The van der Waals surface area contributed by atoms with Crippen LogP contribution in [0.15, 0.2) is 0 Å². The largest absolute Gasteiger partial charge is 0.471 e. The zero-order valence-electron chi connectivity index (χ0n) is 11.1. The lowest BCUT2D eigenvalue weighted by Gasteiger charge is -2.34. The minimum absolute atomic E-state index is 0.0777. The number of piperazine rings is 1. The van der Waals surface area contributed by atoms with Crippen molar-refractivity contribution in [2.24, 2.45) is 0 Å². The van der Waals surface area contributed by atoms with Gasteiger partial charge < -0.3 is 19.3 Å². The predicted molar refractivity (Wildman–Crippen MR) is 61.9 cm³/mol. The van der Waals surface area contributed by atoms with Gasteiger partial charge in [-0.3, -0.25) is 9.59 Å². The maximum atomic E-state index is 12.2. The minimum Gasteiger partial charge on any atom is -0.382 e. The normalized spacial score (nSPS) is 16.4. The maximum absolute atomic E-state index is 12.2. The number of hydrogen-bond donors (Lipinski definition) is 0. The van der Waals surface area contributed by atoms with Crippen molar-refractivity contribution in [1.82, 2.24) is 9.80 Å². The summed E-state index contributed by atoms with van der Waals surface area (Å²) in [6.45, 7) is 0.402. The van der Waals surface area contributed by atoms with Gasteiger partial charge in [-0.25, -0.2) is 0 Å². The third-order valence-corrected chi connectivity index (χ3v) is 2.82. The van der Waals surface area contributed by atoms with E-state index in [0.717, 1.165) is 0 Å². The van der Waals surface area contributed by atoms with Crippen molar-refractivity contribution < 1.29 is 32.2 Å². The standard InChI is InChI=1S/C11H17F3N2O4/c1-19-6-7-20-8-9(17)15-2-4-16(5-3-15)10(18)11(12,13)14/h2-8H2,1H3. The summed E-state index contributed by atoms with van der Waals surface area (Å²) in [4.78, 5) is 24.8. The fourth-order valence-corrected chi connectivity index (χ4v) is 1.73. The number of methoxy groups -OCH3 is 1. The summed E-state index contributed by atoms with van der Waals surface area (Å²) in [5.41, 5.74) is 0. The van der Waals surface area contributed by atoms with Crippen LogP contribution in [0.1, 0.15) is 0 Å². The van der Waals surface area contributed by atoms with E-state index in [1.807, 2.05) is 0 Å². The van der Waals surface area contributed by atoms with Crippen LogP contribution in [0, 0.1) is 0 Å². The second-order valence-electron chi connectivity index (χ2n) is 4.22. The molecular formula is C11H17F3N2O4. The SMILES string of the molecule is COCCOCC(=O)N1CCN(C(=O)C(F)(F)F)CC1. The summed E-state index contributed by atoms with van der Waals surface area (Å²) in [5.74, 6) is -2.17. The second kappa shape index (κ2) is 7.44. The van der Waals surface area contributed by atoms with Crippen molar-refractivity contribution in [1.29, 1.82) is 0 Å². The van der Waals surface area contributed by atoms with Crippen LogP contribution in [0.3, 0.4) is 0 Å². The van der Waals surface area contributed by atoms with E-state index in [-0.39, 0.29) is 45.3 Å². The first-order valence-corrected chi connectivity index (χ1v) is 6.07. The van der Waals surface area contributed by atoms with Crippen molar-refractivity contribution >= 4 is 11.8 Å². The number of nitrogens with zero attached hydrogens (tertiary/aromatic N) is 2. The fourth-order valence-electron chi connectivity index (χ4n) is 1.73. The van der Waals surface area contributed by atoms with E-state index in [4.69, 9.17) is 9.47 Å². The lowest BCUT2D eigenvalue weighted by Crippen LogP contribution is -2.54. The Morgan fingerprint density at radius 2 is 1.60 bits per heavy atom. The lowest BCUT2D eigenvalue weighted by atomic mass is 10.3. The Morgan fingerprint density at radius 3 is 2.10 bits per heavy atom. The van der Waals surface area contributed by atoms with E-state index in [1.165, 1.54) is 12.0 Å². The molecule has 0 N–H and O–H groups in total. The molecule has 0 spiro atoms. The number of alkyl halides is 3. The molecule has 9 heteroatoms. The number of hydrogen-bond acceptors (Lipinski definition) is 4. The van der Waals surface area contributed by atoms with E-state index in [9.17, 15) is 22.8 Å². The van der Waals surface area contributed by atoms with Crippen molar-refractivity contribution in [3.05, 3.63) is 0 Å². The van der Waals surface area contributed by atoms with E-state index in [1.54, 1.807) is 0 Å². The van der Waals surface area contributed by atoms with E-state index in [0.29, 0.717) is 11.5 Å². The van der Waals surface area contributed by atoms with Gasteiger partial charge in [0.05, 0.1) is 13.2 Å². The van der Waals surface area contributed by atoms with Crippen LogP contribution in [0.4, 0.5) is 13.2 Å². The average Bonchev–Trinajstić information content (AvgIpc) is 2.41. The van der Waals surface area contributed by atoms with Crippen LogP contribution in [-0.2, 0) is 19.1 Å². The van der Waals surface area contributed by atoms with Crippen molar-refractivity contribution in [3.63, 3.8) is 0 Å². The van der Waals surface area contributed by atoms with Gasteiger partial charge >= 0.3 is 12.1 Å². The molecule has 20 heavy (non-hydrogen) atoms. The van der Waals surface area contributed by atoms with Crippen LogP contribution in [0.5, 0.6) is 0 Å². The molecular weight excluding hydrogens is 281 g/mol. The summed E-state index contributed by atoms with van der Waals surface area (Å²) >= 11 is 0. The molecule has 116 valence electrons. The Morgan fingerprint density at radius 1 is 1.05 bits per heavy atom. The fraction of sp³-hybridized carbons (Fsp3) is 0.818. The Kier molecular flexibility index (Phi) is 6.21. The lowest BCUT2D eigenvalue weighted by molar-refractivity contribution is -0.187. The van der Waals surface area contributed by atoms with Gasteiger partial charge in [0.2, 0.25) is 5.91 Å². The molecule has 0 unspecified atom stereocenters. The predicted octanol–water partition coefficient (Wildman–Crippen LogP) is -0.117. The highest BCUT2D eigenvalue weighted by atomic mass is 19.4. The zero-order chi connectivity index (χ0) is 15.2. The first-order chi connectivity index (χ1) is 9.36. The molecule has 0 atom stereocenters. The number of amides is 2. The van der Waals surface area contributed by atoms with Gasteiger partial charge in [0.15, 0.2) is 0 Å². The first kappa shape index (κ1) is 16.7. The molecule has 0 bridgehead atoms. The van der Waals surface area contributed by atoms with Gasteiger partial charge in [0.25, 0.3) is 0 Å². The van der Waals surface area contributed by atoms with Crippen molar-refractivity contribution in [2.45, 2.75) is 6.18 Å². The second-order valence-corrected chi connectivity index (χ2v) is 4.22. The number of ether oxygens (including phenoxy) is 2. The van der Waals surface area contributed by atoms with Crippen molar-refractivity contribution in [2.75, 3.05) is 53.1 Å². The zero-order valence-corrected chi connectivity index (χ0v) is 11.1. The quantitative estimate of drug-likeness (QED) is 0.664. The molecule has 1 aliphatic heterocycles. The van der Waals surface area contributed by atoms with Gasteiger partial charge in [-0.15, -0.1) is 0 Å². The molecule has 0 aromatic heterocycles. The van der Waals surface area contributed by atoms with E-state index >= 15 is 0 Å². The van der Waals surface area contributed by atoms with Crippen LogP contribution in [-0.4, -0.2) is 80.9 Å². The van der Waals surface area contributed by atoms with Crippen LogP contribution < -0.4 is 0 Å². The van der Waals surface area contributed by atoms with Gasteiger partial charge in [0.1, 0.15) is 6.61 Å². The van der Waals surface area contributed by atoms with Gasteiger partial charge in [-0.1, -0.05) is 0 Å². The topological polar surface area (TPSA) is 59.1 Å². The van der Waals surface area contributed by atoms with Gasteiger partial charge in [-0.05, 0) is 0 Å². The van der Waals surface area contributed by atoms with Gasteiger partial charge in [0, 0.05) is 33.3 Å².